The van der Waals surface area contributed by atoms with Crippen molar-refractivity contribution in [2.45, 2.75) is 63.4 Å². The van der Waals surface area contributed by atoms with E-state index in [0.29, 0.717) is 49.7 Å². The Balaban J connectivity index is 1.38. The van der Waals surface area contributed by atoms with Crippen LogP contribution in [0.3, 0.4) is 0 Å². The van der Waals surface area contributed by atoms with E-state index in [1.54, 1.807) is 30.2 Å². The SMILES string of the molecule is C[C@]12C=CC(=O)C=C1CC[C@H]1[C@@H]3C[C@H]4CN(Cc5ccc(F)cc5)O[C@@]4(C(=O)SCF)[C@@]3(C)C[C@H](O)[C@@]12F. The number of hydroxylamine groups is 2. The molecule has 1 aromatic rings. The van der Waals surface area contributed by atoms with Crippen LogP contribution in [-0.4, -0.2) is 51.0 Å². The fraction of sp³-hybridized carbons (Fsp3) is 0.586. The number of rotatable bonds is 4. The summed E-state index contributed by atoms with van der Waals surface area (Å²) in [7, 11) is 0. The van der Waals surface area contributed by atoms with Crippen molar-refractivity contribution in [3.05, 3.63) is 59.4 Å². The number of allylic oxidation sites excluding steroid dienone is 4. The van der Waals surface area contributed by atoms with Crippen molar-refractivity contribution < 1.29 is 32.7 Å². The molecule has 9 heteroatoms. The second-order valence-electron chi connectivity index (χ2n) is 12.0. The number of hydrogen-bond donors (Lipinski definition) is 1. The van der Waals surface area contributed by atoms with E-state index in [1.807, 2.05) is 6.92 Å². The summed E-state index contributed by atoms with van der Waals surface area (Å²) < 4.78 is 44.4. The van der Waals surface area contributed by atoms with E-state index in [0.717, 1.165) is 5.56 Å². The second-order valence-corrected chi connectivity index (χ2v) is 12.9. The molecular weight excluding hydrogens is 515 g/mol. The minimum absolute atomic E-state index is 0.0191. The van der Waals surface area contributed by atoms with Gasteiger partial charge in [0.1, 0.15) is 11.8 Å². The molecule has 1 saturated heterocycles. The third kappa shape index (κ3) is 3.31. The lowest BCUT2D eigenvalue weighted by molar-refractivity contribution is -0.264. The maximum absolute atomic E-state index is 17.4. The average Bonchev–Trinajstić information content (AvgIpc) is 3.34. The minimum Gasteiger partial charge on any atom is -0.390 e. The molecule has 204 valence electrons. The van der Waals surface area contributed by atoms with Gasteiger partial charge in [-0.1, -0.05) is 42.5 Å². The highest BCUT2D eigenvalue weighted by Crippen LogP contribution is 2.73. The highest BCUT2D eigenvalue weighted by atomic mass is 32.2. The Labute approximate surface area is 224 Å². The molecule has 1 N–H and O–H groups in total. The largest absolute Gasteiger partial charge is 0.390 e. The molecular formula is C29H32F3NO4S. The maximum atomic E-state index is 17.4. The predicted molar refractivity (Wildman–Crippen MR) is 136 cm³/mol. The van der Waals surface area contributed by atoms with Crippen molar-refractivity contribution in [1.82, 2.24) is 5.06 Å². The molecule has 0 radical (unpaired) electrons. The van der Waals surface area contributed by atoms with Crippen molar-refractivity contribution in [2.75, 3.05) is 12.6 Å². The molecule has 0 bridgehead atoms. The molecule has 0 aromatic heterocycles. The first-order valence-electron chi connectivity index (χ1n) is 13.2. The van der Waals surface area contributed by atoms with Crippen LogP contribution in [0.2, 0.25) is 0 Å². The van der Waals surface area contributed by atoms with E-state index in [2.05, 4.69) is 0 Å². The van der Waals surface area contributed by atoms with Crippen LogP contribution in [0.25, 0.3) is 0 Å². The molecule has 0 unspecified atom stereocenters. The van der Waals surface area contributed by atoms with Gasteiger partial charge in [0.25, 0.3) is 0 Å². The van der Waals surface area contributed by atoms with E-state index in [-0.39, 0.29) is 29.9 Å². The summed E-state index contributed by atoms with van der Waals surface area (Å²) in [4.78, 5) is 32.3. The third-order valence-electron chi connectivity index (χ3n) is 10.5. The molecule has 0 amide bonds. The lowest BCUT2D eigenvalue weighted by Gasteiger charge is -2.62. The first kappa shape index (κ1) is 26.3. The number of ketones is 1. The monoisotopic (exact) mass is 547 g/mol. The van der Waals surface area contributed by atoms with Crippen LogP contribution in [-0.2, 0) is 21.0 Å². The van der Waals surface area contributed by atoms with E-state index in [1.165, 1.54) is 24.3 Å². The number of aliphatic hydroxyl groups is 1. The molecule has 3 saturated carbocycles. The number of carbonyl (C=O) groups is 2. The maximum Gasteiger partial charge on any atom is 0.226 e. The highest BCUT2D eigenvalue weighted by molar-refractivity contribution is 8.13. The molecule has 4 fully saturated rings. The molecule has 5 aliphatic rings. The van der Waals surface area contributed by atoms with E-state index in [4.69, 9.17) is 4.84 Å². The first-order valence-corrected chi connectivity index (χ1v) is 14.2. The van der Waals surface area contributed by atoms with Gasteiger partial charge in [-0.15, -0.1) is 0 Å². The van der Waals surface area contributed by atoms with Gasteiger partial charge in [-0.05, 0) is 68.4 Å². The van der Waals surface area contributed by atoms with Gasteiger partial charge in [0.15, 0.2) is 17.1 Å². The number of nitrogens with zero attached hydrogens (tertiary/aromatic N) is 1. The number of aliphatic hydroxyl groups excluding tert-OH is 1. The zero-order valence-corrected chi connectivity index (χ0v) is 22.3. The summed E-state index contributed by atoms with van der Waals surface area (Å²) in [5.74, 6) is -1.67. The lowest BCUT2D eigenvalue weighted by atomic mass is 9.45. The highest BCUT2D eigenvalue weighted by Gasteiger charge is 2.79. The van der Waals surface area contributed by atoms with Gasteiger partial charge < -0.3 is 5.11 Å². The Morgan fingerprint density at radius 1 is 1.24 bits per heavy atom. The molecule has 0 spiro atoms. The normalized spacial score (nSPS) is 43.7. The van der Waals surface area contributed by atoms with E-state index < -0.39 is 45.2 Å². The summed E-state index contributed by atoms with van der Waals surface area (Å²) in [5.41, 5.74) is -3.97. The van der Waals surface area contributed by atoms with Gasteiger partial charge in [-0.3, -0.25) is 14.4 Å². The van der Waals surface area contributed by atoms with Crippen molar-refractivity contribution in [3.63, 3.8) is 0 Å². The Morgan fingerprint density at radius 3 is 2.68 bits per heavy atom. The number of alkyl halides is 2. The standard InChI is InChI=1S/C29H32F3NO4S/c1-26-10-9-21(34)11-18(26)5-8-22-23-12-19-15-33(14-17-3-6-20(31)7-4-17)37-29(19,25(36)38-16-30)27(23,2)13-24(35)28(22,26)32/h3-4,6-7,9-11,19,22-24,35H,5,8,12-16H2,1-2H3/t19-,22-,23-,24-,26-,27-,28-,29-/m0/s1. The lowest BCUT2D eigenvalue weighted by Crippen LogP contribution is -2.69. The zero-order chi connectivity index (χ0) is 27.1. The van der Waals surface area contributed by atoms with Crippen LogP contribution in [0.1, 0.15) is 45.1 Å². The number of halogens is 3. The van der Waals surface area contributed by atoms with E-state index in [9.17, 15) is 23.5 Å². The summed E-state index contributed by atoms with van der Waals surface area (Å²) in [6.45, 7) is 4.36. The van der Waals surface area contributed by atoms with Crippen molar-refractivity contribution in [3.8, 4) is 0 Å². The van der Waals surface area contributed by atoms with Gasteiger partial charge >= 0.3 is 0 Å². The zero-order valence-electron chi connectivity index (χ0n) is 21.5. The number of hydrogen-bond acceptors (Lipinski definition) is 6. The van der Waals surface area contributed by atoms with E-state index >= 15 is 4.39 Å². The first-order chi connectivity index (χ1) is 18.0. The van der Waals surface area contributed by atoms with Gasteiger partial charge in [-0.2, -0.15) is 5.06 Å². The molecule has 5 nitrogen and oxygen atoms in total. The summed E-state index contributed by atoms with van der Waals surface area (Å²) in [5, 5.41) is 12.9. The van der Waals surface area contributed by atoms with Crippen LogP contribution < -0.4 is 0 Å². The average molecular weight is 548 g/mol. The number of thioether (sulfide) groups is 1. The van der Waals surface area contributed by atoms with Crippen LogP contribution in [0.15, 0.2) is 48.1 Å². The summed E-state index contributed by atoms with van der Waals surface area (Å²) in [6, 6.07) is 5.13. The molecule has 4 aliphatic carbocycles. The Hall–Kier alpha value is -1.94. The molecule has 1 aliphatic heterocycles. The molecule has 8 atom stereocenters. The number of carbonyl (C=O) groups excluding carboxylic acids is 2. The van der Waals surface area contributed by atoms with Crippen LogP contribution >= 0.6 is 11.8 Å². The number of fused-ring (bicyclic) bond motifs is 7. The fourth-order valence-corrected chi connectivity index (χ4v) is 9.46. The Bertz CT molecular complexity index is 1240. The third-order valence-corrected chi connectivity index (χ3v) is 11.1. The number of benzene rings is 1. The molecule has 6 rings (SSSR count). The van der Waals surface area contributed by atoms with Crippen LogP contribution in [0.4, 0.5) is 13.2 Å². The molecule has 38 heavy (non-hydrogen) atoms. The van der Waals surface area contributed by atoms with Crippen molar-refractivity contribution >= 4 is 22.7 Å². The van der Waals surface area contributed by atoms with Crippen molar-refractivity contribution in [1.29, 1.82) is 0 Å². The Morgan fingerprint density at radius 2 is 1.97 bits per heavy atom. The van der Waals surface area contributed by atoms with Crippen LogP contribution in [0, 0.1) is 34.4 Å². The van der Waals surface area contributed by atoms with Gasteiger partial charge in [0, 0.05) is 35.8 Å². The predicted octanol–water partition coefficient (Wildman–Crippen LogP) is 5.10. The van der Waals surface area contributed by atoms with Gasteiger partial charge in [0.2, 0.25) is 5.12 Å². The smallest absolute Gasteiger partial charge is 0.226 e. The van der Waals surface area contributed by atoms with Crippen LogP contribution in [0.5, 0.6) is 0 Å². The van der Waals surface area contributed by atoms with Gasteiger partial charge in [-0.25, -0.2) is 13.2 Å². The molecule has 1 heterocycles. The fourth-order valence-electron chi connectivity index (χ4n) is 8.71. The van der Waals surface area contributed by atoms with Crippen molar-refractivity contribution in [2.24, 2.45) is 28.6 Å². The minimum atomic E-state index is -2.01. The quantitative estimate of drug-likeness (QED) is 0.566. The topological polar surface area (TPSA) is 66.8 Å². The summed E-state index contributed by atoms with van der Waals surface area (Å²) >= 11 is 0.568. The Kier molecular flexibility index (Phi) is 6.07. The molecule has 1 aromatic carbocycles. The van der Waals surface area contributed by atoms with Gasteiger partial charge in [0.05, 0.1) is 6.10 Å². The second kappa shape index (κ2) is 8.78. The summed E-state index contributed by atoms with van der Waals surface area (Å²) in [6.07, 6.45) is 4.56.